The molecular formula is C19H22N4. The van der Waals surface area contributed by atoms with Crippen LogP contribution >= 0.6 is 0 Å². The van der Waals surface area contributed by atoms with Crippen LogP contribution in [0.3, 0.4) is 0 Å². The van der Waals surface area contributed by atoms with Crippen LogP contribution in [0.1, 0.15) is 37.3 Å². The van der Waals surface area contributed by atoms with Crippen LogP contribution in [-0.2, 0) is 0 Å². The third kappa shape index (κ3) is 3.73. The van der Waals surface area contributed by atoms with Gasteiger partial charge in [-0.3, -0.25) is 0 Å². The van der Waals surface area contributed by atoms with Crippen LogP contribution in [-0.4, -0.2) is 29.5 Å². The summed E-state index contributed by atoms with van der Waals surface area (Å²) in [7, 11) is 0. The molecule has 4 heteroatoms. The zero-order chi connectivity index (χ0) is 16.1. The number of rotatable bonds is 5. The molecule has 0 radical (unpaired) electrons. The van der Waals surface area contributed by atoms with Gasteiger partial charge in [-0.05, 0) is 49.9 Å². The van der Waals surface area contributed by atoms with Crippen molar-refractivity contribution in [3.8, 4) is 12.1 Å². The highest BCUT2D eigenvalue weighted by molar-refractivity contribution is 5.80. The van der Waals surface area contributed by atoms with Crippen molar-refractivity contribution in [1.82, 2.24) is 9.88 Å². The summed E-state index contributed by atoms with van der Waals surface area (Å²) in [5.41, 5.74) is 2.55. The second-order valence-electron chi connectivity index (χ2n) is 6.41. The zero-order valence-electron chi connectivity index (χ0n) is 13.3. The third-order valence-electron chi connectivity index (χ3n) is 4.84. The summed E-state index contributed by atoms with van der Waals surface area (Å²) in [5, 5.41) is 19.1. The molecule has 3 rings (SSSR count). The molecule has 1 aliphatic rings. The van der Waals surface area contributed by atoms with Crippen molar-refractivity contribution < 1.29 is 0 Å². The van der Waals surface area contributed by atoms with Gasteiger partial charge in [-0.15, -0.1) is 0 Å². The molecule has 1 aliphatic heterocycles. The van der Waals surface area contributed by atoms with E-state index in [9.17, 15) is 5.26 Å². The molecule has 2 heterocycles. The number of nitrogens with one attached hydrogen (secondary N) is 1. The minimum atomic E-state index is -0.0146. The molecule has 1 fully saturated rings. The van der Waals surface area contributed by atoms with Crippen LogP contribution in [0.2, 0.25) is 0 Å². The van der Waals surface area contributed by atoms with Crippen LogP contribution < -0.4 is 0 Å². The van der Waals surface area contributed by atoms with Gasteiger partial charge in [0, 0.05) is 30.1 Å². The standard InChI is InChI=1S/C19H22N4/c20-9-3-4-15(13-21)14-23-10-7-16(8-11-23)19-12-17-5-1-2-6-18(17)22-19/h1-2,5-6,12,15-16,22H,3-4,7-8,10-11,14H2/t15-/m0/s1. The van der Waals surface area contributed by atoms with Crippen molar-refractivity contribution in [2.45, 2.75) is 31.6 Å². The lowest BCUT2D eigenvalue weighted by Gasteiger charge is -2.32. The van der Waals surface area contributed by atoms with E-state index in [1.165, 1.54) is 16.6 Å². The van der Waals surface area contributed by atoms with Crippen LogP contribution in [0.4, 0.5) is 0 Å². The number of hydrogen-bond acceptors (Lipinski definition) is 3. The topological polar surface area (TPSA) is 66.6 Å². The normalized spacial score (nSPS) is 17.7. The van der Waals surface area contributed by atoms with Crippen LogP contribution in [0.15, 0.2) is 30.3 Å². The first-order chi connectivity index (χ1) is 11.3. The van der Waals surface area contributed by atoms with E-state index in [1.807, 2.05) is 0 Å². The average molecular weight is 306 g/mol. The number of aromatic amines is 1. The van der Waals surface area contributed by atoms with Gasteiger partial charge >= 0.3 is 0 Å². The Kier molecular flexibility index (Phi) is 4.95. The zero-order valence-corrected chi connectivity index (χ0v) is 13.3. The van der Waals surface area contributed by atoms with Crippen LogP contribution in [0.5, 0.6) is 0 Å². The first-order valence-corrected chi connectivity index (χ1v) is 8.36. The lowest BCUT2D eigenvalue weighted by atomic mass is 9.92. The van der Waals surface area contributed by atoms with E-state index in [2.05, 4.69) is 52.4 Å². The van der Waals surface area contributed by atoms with Gasteiger partial charge in [0.2, 0.25) is 0 Å². The third-order valence-corrected chi connectivity index (χ3v) is 4.84. The van der Waals surface area contributed by atoms with Gasteiger partial charge in [-0.25, -0.2) is 0 Å². The summed E-state index contributed by atoms with van der Waals surface area (Å²) in [5.74, 6) is 0.567. The fraction of sp³-hybridized carbons (Fsp3) is 0.474. The molecule has 0 spiro atoms. The fourth-order valence-electron chi connectivity index (χ4n) is 3.49. The molecule has 1 aromatic heterocycles. The maximum atomic E-state index is 9.20. The quantitative estimate of drug-likeness (QED) is 0.914. The molecule has 0 saturated carbocycles. The largest absolute Gasteiger partial charge is 0.358 e. The monoisotopic (exact) mass is 306 g/mol. The Morgan fingerprint density at radius 1 is 1.22 bits per heavy atom. The number of nitrogens with zero attached hydrogens (tertiary/aromatic N) is 3. The molecule has 0 amide bonds. The van der Waals surface area contributed by atoms with E-state index in [4.69, 9.17) is 5.26 Å². The molecule has 1 saturated heterocycles. The molecular weight excluding hydrogens is 284 g/mol. The maximum Gasteiger partial charge on any atom is 0.0669 e. The minimum Gasteiger partial charge on any atom is -0.358 e. The van der Waals surface area contributed by atoms with E-state index in [1.54, 1.807) is 0 Å². The predicted octanol–water partition coefficient (Wildman–Crippen LogP) is 3.79. The Bertz CT molecular complexity index is 693. The number of H-pyrrole nitrogens is 1. The number of aromatic nitrogens is 1. The first-order valence-electron chi connectivity index (χ1n) is 8.36. The molecule has 118 valence electrons. The number of fused-ring (bicyclic) bond motifs is 1. The summed E-state index contributed by atoms with van der Waals surface area (Å²) in [6.07, 6.45) is 3.42. The lowest BCUT2D eigenvalue weighted by molar-refractivity contribution is 0.192. The number of likely N-dealkylation sites (tertiary alicyclic amines) is 1. The van der Waals surface area contributed by atoms with Crippen molar-refractivity contribution in [3.05, 3.63) is 36.0 Å². The molecule has 4 nitrogen and oxygen atoms in total. The summed E-state index contributed by atoms with van der Waals surface area (Å²) in [6, 6.07) is 15.2. The highest BCUT2D eigenvalue weighted by atomic mass is 15.1. The Hall–Kier alpha value is -2.30. The van der Waals surface area contributed by atoms with Gasteiger partial charge in [-0.1, -0.05) is 18.2 Å². The van der Waals surface area contributed by atoms with E-state index < -0.39 is 0 Å². The molecule has 1 aromatic carbocycles. The maximum absolute atomic E-state index is 9.20. The molecule has 0 unspecified atom stereocenters. The fourth-order valence-corrected chi connectivity index (χ4v) is 3.49. The predicted molar refractivity (Wildman–Crippen MR) is 90.7 cm³/mol. The molecule has 0 aliphatic carbocycles. The second kappa shape index (κ2) is 7.31. The van der Waals surface area contributed by atoms with Crippen molar-refractivity contribution in [1.29, 1.82) is 10.5 Å². The highest BCUT2D eigenvalue weighted by Crippen LogP contribution is 2.30. The van der Waals surface area contributed by atoms with Crippen LogP contribution in [0.25, 0.3) is 10.9 Å². The highest BCUT2D eigenvalue weighted by Gasteiger charge is 2.23. The smallest absolute Gasteiger partial charge is 0.0669 e. The summed E-state index contributed by atoms with van der Waals surface area (Å²) >= 11 is 0. The van der Waals surface area contributed by atoms with E-state index in [0.717, 1.165) is 32.5 Å². The van der Waals surface area contributed by atoms with Gasteiger partial charge in [-0.2, -0.15) is 10.5 Å². The van der Waals surface area contributed by atoms with Crippen molar-refractivity contribution in [2.75, 3.05) is 19.6 Å². The number of piperidine rings is 1. The van der Waals surface area contributed by atoms with E-state index in [0.29, 0.717) is 18.8 Å². The first kappa shape index (κ1) is 15.6. The van der Waals surface area contributed by atoms with Gasteiger partial charge < -0.3 is 9.88 Å². The van der Waals surface area contributed by atoms with Crippen molar-refractivity contribution in [3.63, 3.8) is 0 Å². The number of benzene rings is 1. The molecule has 1 N–H and O–H groups in total. The summed E-state index contributed by atoms with van der Waals surface area (Å²) < 4.78 is 0. The molecule has 23 heavy (non-hydrogen) atoms. The minimum absolute atomic E-state index is 0.0146. The van der Waals surface area contributed by atoms with Gasteiger partial charge in [0.25, 0.3) is 0 Å². The van der Waals surface area contributed by atoms with Crippen LogP contribution in [0, 0.1) is 28.6 Å². The number of hydrogen-bond donors (Lipinski definition) is 1. The average Bonchev–Trinajstić information content (AvgIpc) is 3.03. The molecule has 2 aromatic rings. The summed E-state index contributed by atoms with van der Waals surface area (Å²) in [6.45, 7) is 2.87. The Morgan fingerprint density at radius 3 is 2.70 bits per heavy atom. The van der Waals surface area contributed by atoms with Gasteiger partial charge in [0.05, 0.1) is 18.1 Å². The molecule has 1 atom stereocenters. The van der Waals surface area contributed by atoms with Gasteiger partial charge in [0.15, 0.2) is 0 Å². The Morgan fingerprint density at radius 2 is 2.00 bits per heavy atom. The Labute approximate surface area is 137 Å². The number of para-hydroxylation sites is 1. The molecule has 0 bridgehead atoms. The van der Waals surface area contributed by atoms with Crippen molar-refractivity contribution in [2.24, 2.45) is 5.92 Å². The summed E-state index contributed by atoms with van der Waals surface area (Å²) in [4.78, 5) is 5.93. The lowest BCUT2D eigenvalue weighted by Crippen LogP contribution is -2.36. The number of nitriles is 2. The Balaban J connectivity index is 1.56. The van der Waals surface area contributed by atoms with Crippen molar-refractivity contribution >= 4 is 10.9 Å². The van der Waals surface area contributed by atoms with E-state index in [-0.39, 0.29) is 5.92 Å². The second-order valence-corrected chi connectivity index (χ2v) is 6.41. The van der Waals surface area contributed by atoms with Gasteiger partial charge in [0.1, 0.15) is 0 Å². The van der Waals surface area contributed by atoms with E-state index >= 15 is 0 Å². The SMILES string of the molecule is N#CCC[C@@H](C#N)CN1CCC(c2cc3ccccc3[nH]2)CC1.